The summed E-state index contributed by atoms with van der Waals surface area (Å²) in [7, 11) is -4.49. The van der Waals surface area contributed by atoms with Crippen molar-refractivity contribution < 1.29 is 38.3 Å². The van der Waals surface area contributed by atoms with Crippen LogP contribution in [0, 0.1) is 0 Å². The zero-order chi connectivity index (χ0) is 26.9. The third-order valence-electron chi connectivity index (χ3n) is 4.94. The number of aliphatic carboxylic acids is 1. The second-order valence-corrected chi connectivity index (χ2v) is 9.72. The molecule has 0 heterocycles. The second-order valence-electron chi connectivity index (χ2n) is 8.26. The lowest BCUT2D eigenvalue weighted by Gasteiger charge is -2.18. The van der Waals surface area contributed by atoms with Crippen LogP contribution in [0.1, 0.15) is 71.1 Å². The molecule has 1 unspecified atom stereocenters. The second kappa shape index (κ2) is 23.8. The van der Waals surface area contributed by atoms with Gasteiger partial charge in [-0.05, 0) is 51.4 Å². The van der Waals surface area contributed by atoms with E-state index in [1.807, 2.05) is 0 Å². The van der Waals surface area contributed by atoms with Gasteiger partial charge in [0.2, 0.25) is 0 Å². The zero-order valence-corrected chi connectivity index (χ0v) is 22.5. The molecule has 9 nitrogen and oxygen atoms in total. The predicted octanol–water partition coefficient (Wildman–Crippen LogP) is 5.06. The van der Waals surface area contributed by atoms with E-state index < -0.39 is 39.2 Å². The number of hydrogen-bond acceptors (Lipinski definition) is 7. The number of aliphatic hydroxyl groups excluding tert-OH is 1. The van der Waals surface area contributed by atoms with Crippen molar-refractivity contribution in [3.8, 4) is 0 Å². The summed E-state index contributed by atoms with van der Waals surface area (Å²) in [6.07, 6.45) is 27.1. The largest absolute Gasteiger partial charge is 0.480 e. The third-order valence-corrected chi connectivity index (χ3v) is 5.89. The minimum absolute atomic E-state index is 0.364. The smallest absolute Gasteiger partial charge is 0.472 e. The van der Waals surface area contributed by atoms with Crippen LogP contribution in [-0.4, -0.2) is 59.6 Å². The van der Waals surface area contributed by atoms with Gasteiger partial charge in [0.1, 0.15) is 12.1 Å². The maximum atomic E-state index is 11.7. The van der Waals surface area contributed by atoms with Gasteiger partial charge in [-0.15, -0.1) is 0 Å². The molecular formula is C26H46NO8P. The average molecular weight is 532 g/mol. The van der Waals surface area contributed by atoms with Crippen LogP contribution >= 0.6 is 7.82 Å². The summed E-state index contributed by atoms with van der Waals surface area (Å²) in [6.45, 7) is 1.14. The molecule has 0 aromatic carbocycles. The molecule has 0 aromatic rings. The molecule has 0 aromatic heterocycles. The third kappa shape index (κ3) is 22.9. The van der Waals surface area contributed by atoms with Crippen LogP contribution in [0.25, 0.3) is 0 Å². The topological polar surface area (TPSA) is 149 Å². The Morgan fingerprint density at radius 3 is 1.86 bits per heavy atom. The van der Waals surface area contributed by atoms with Crippen LogP contribution in [0.5, 0.6) is 0 Å². The molecule has 0 radical (unpaired) electrons. The van der Waals surface area contributed by atoms with E-state index in [1.54, 1.807) is 0 Å². The van der Waals surface area contributed by atoms with Crippen molar-refractivity contribution in [3.05, 3.63) is 48.6 Å². The SMILES string of the molecule is CCCCC/C=C\C/C=C\C/C=C\C/C=C\CCCCO[C@@H](CO)COP(=O)(O)OC[C@H](N)C(=O)O. The van der Waals surface area contributed by atoms with E-state index in [4.69, 9.17) is 20.1 Å². The minimum Gasteiger partial charge on any atom is -0.480 e. The van der Waals surface area contributed by atoms with Crippen LogP contribution in [-0.2, 0) is 23.1 Å². The highest BCUT2D eigenvalue weighted by atomic mass is 31.2. The summed E-state index contributed by atoms with van der Waals surface area (Å²) in [5.41, 5.74) is 5.20. The van der Waals surface area contributed by atoms with E-state index in [9.17, 15) is 19.4 Å². The van der Waals surface area contributed by atoms with E-state index in [-0.39, 0.29) is 6.61 Å². The fraction of sp³-hybridized carbons (Fsp3) is 0.654. The highest BCUT2D eigenvalue weighted by Crippen LogP contribution is 2.43. The number of carboxylic acids is 1. The van der Waals surface area contributed by atoms with Crippen molar-refractivity contribution >= 4 is 13.8 Å². The van der Waals surface area contributed by atoms with Gasteiger partial charge in [0.05, 0.1) is 19.8 Å². The van der Waals surface area contributed by atoms with Gasteiger partial charge in [-0.25, -0.2) is 4.57 Å². The summed E-state index contributed by atoms with van der Waals surface area (Å²) in [6, 6.07) is -1.44. The lowest BCUT2D eigenvalue weighted by Crippen LogP contribution is -2.34. The van der Waals surface area contributed by atoms with Crippen LogP contribution < -0.4 is 5.73 Å². The van der Waals surface area contributed by atoms with Gasteiger partial charge in [-0.2, -0.15) is 0 Å². The number of carbonyl (C=O) groups is 1. The Morgan fingerprint density at radius 2 is 1.36 bits per heavy atom. The molecule has 208 valence electrons. The van der Waals surface area contributed by atoms with Gasteiger partial charge in [0.15, 0.2) is 0 Å². The Balaban J connectivity index is 3.77. The average Bonchev–Trinajstić information content (AvgIpc) is 2.85. The number of phosphoric ester groups is 1. The van der Waals surface area contributed by atoms with Crippen LogP contribution in [0.15, 0.2) is 48.6 Å². The molecule has 10 heteroatoms. The molecule has 0 aliphatic heterocycles. The summed E-state index contributed by atoms with van der Waals surface area (Å²) in [4.78, 5) is 20.1. The van der Waals surface area contributed by atoms with E-state index in [1.165, 1.54) is 25.7 Å². The number of carboxylic acid groups (broad SMARTS) is 1. The Kier molecular flexibility index (Phi) is 22.8. The van der Waals surface area contributed by atoms with E-state index >= 15 is 0 Å². The zero-order valence-electron chi connectivity index (χ0n) is 21.6. The van der Waals surface area contributed by atoms with E-state index in [0.717, 1.165) is 38.5 Å². The first-order chi connectivity index (χ1) is 17.3. The lowest BCUT2D eigenvalue weighted by atomic mass is 10.2. The minimum atomic E-state index is -4.49. The standard InChI is InChI=1S/C26H46NO8P/c1-2-3-4-5-6-7-8-9-10-11-12-13-14-15-16-17-18-19-20-33-24(21-28)22-34-36(31,32)35-23-25(27)26(29)30/h6-7,9-10,12-13,15-16,24-25,28H,2-5,8,11,14,17-23,27H2,1H3,(H,29,30)(H,31,32)/b7-6-,10-9-,13-12-,16-15-/t24-,25-/m0/s1. The maximum Gasteiger partial charge on any atom is 0.472 e. The van der Waals surface area contributed by atoms with Crippen molar-refractivity contribution in [1.82, 2.24) is 0 Å². The highest BCUT2D eigenvalue weighted by molar-refractivity contribution is 7.47. The first kappa shape index (κ1) is 34.4. The molecule has 36 heavy (non-hydrogen) atoms. The molecule has 0 aliphatic carbocycles. The molecule has 0 aliphatic rings. The number of rotatable bonds is 24. The number of phosphoric acid groups is 1. The molecule has 0 amide bonds. The summed E-state index contributed by atoms with van der Waals surface area (Å²) >= 11 is 0. The Morgan fingerprint density at radius 1 is 0.861 bits per heavy atom. The van der Waals surface area contributed by atoms with Gasteiger partial charge in [0.25, 0.3) is 0 Å². The first-order valence-corrected chi connectivity index (χ1v) is 14.2. The molecule has 0 bridgehead atoms. The highest BCUT2D eigenvalue weighted by Gasteiger charge is 2.26. The van der Waals surface area contributed by atoms with Gasteiger partial charge < -0.3 is 25.6 Å². The summed E-state index contributed by atoms with van der Waals surface area (Å²) < 4.78 is 26.4. The van der Waals surface area contributed by atoms with Crippen LogP contribution in [0.2, 0.25) is 0 Å². The number of unbranched alkanes of at least 4 members (excludes halogenated alkanes) is 5. The molecule has 0 rings (SSSR count). The van der Waals surface area contributed by atoms with Crippen molar-refractivity contribution in [2.45, 2.75) is 83.3 Å². The molecular weight excluding hydrogens is 485 g/mol. The first-order valence-electron chi connectivity index (χ1n) is 12.7. The van der Waals surface area contributed by atoms with Gasteiger partial charge in [0, 0.05) is 6.61 Å². The Bertz CT molecular complexity index is 708. The van der Waals surface area contributed by atoms with Crippen molar-refractivity contribution in [2.75, 3.05) is 26.4 Å². The van der Waals surface area contributed by atoms with Crippen LogP contribution in [0.3, 0.4) is 0 Å². The Hall–Kier alpha value is -1.58. The summed E-state index contributed by atoms with van der Waals surface area (Å²) in [5, 5.41) is 18.0. The normalized spacial score (nSPS) is 15.9. The van der Waals surface area contributed by atoms with Gasteiger partial charge >= 0.3 is 13.8 Å². The van der Waals surface area contributed by atoms with Crippen molar-refractivity contribution in [1.29, 1.82) is 0 Å². The number of aliphatic hydroxyl groups is 1. The molecule has 5 N–H and O–H groups in total. The fourth-order valence-electron chi connectivity index (χ4n) is 2.79. The molecule has 0 spiro atoms. The Labute approximate surface area is 216 Å². The quantitative estimate of drug-likeness (QED) is 0.0762. The molecule has 0 fully saturated rings. The lowest BCUT2D eigenvalue weighted by molar-refractivity contribution is -0.139. The molecule has 3 atom stereocenters. The predicted molar refractivity (Wildman–Crippen MR) is 143 cm³/mol. The van der Waals surface area contributed by atoms with Crippen molar-refractivity contribution in [3.63, 3.8) is 0 Å². The number of allylic oxidation sites excluding steroid dienone is 8. The van der Waals surface area contributed by atoms with Crippen LogP contribution in [0.4, 0.5) is 0 Å². The van der Waals surface area contributed by atoms with Gasteiger partial charge in [-0.3, -0.25) is 13.8 Å². The molecule has 0 saturated carbocycles. The van der Waals surface area contributed by atoms with E-state index in [0.29, 0.717) is 6.61 Å². The van der Waals surface area contributed by atoms with Crippen molar-refractivity contribution in [2.24, 2.45) is 5.73 Å². The van der Waals surface area contributed by atoms with Gasteiger partial charge in [-0.1, -0.05) is 68.4 Å². The number of ether oxygens (including phenoxy) is 1. The number of nitrogens with two attached hydrogens (primary N) is 1. The number of hydrogen-bond donors (Lipinski definition) is 4. The maximum absolute atomic E-state index is 11.7. The molecule has 0 saturated heterocycles. The summed E-state index contributed by atoms with van der Waals surface area (Å²) in [5.74, 6) is -1.36. The fourth-order valence-corrected chi connectivity index (χ4v) is 3.57. The van der Waals surface area contributed by atoms with E-state index in [2.05, 4.69) is 60.1 Å². The monoisotopic (exact) mass is 531 g/mol.